The predicted octanol–water partition coefficient (Wildman–Crippen LogP) is 2.14. The van der Waals surface area contributed by atoms with Crippen molar-refractivity contribution in [2.24, 2.45) is 11.1 Å². The van der Waals surface area contributed by atoms with Crippen molar-refractivity contribution in [1.29, 1.82) is 0 Å². The average Bonchev–Trinajstić information content (AvgIpc) is 2.25. The standard InChI is InChI=1S/C14H15FN2O2S/c1-14(2)6-10(18)17(11(19)7-14)9-5-3-4-8(15)12(9)13(16)20/h3-5H,6-7H2,1-2H3,(H2,16,20). The fourth-order valence-electron chi connectivity index (χ4n) is 2.39. The maximum atomic E-state index is 13.8. The van der Waals surface area contributed by atoms with E-state index in [1.165, 1.54) is 18.2 Å². The summed E-state index contributed by atoms with van der Waals surface area (Å²) in [7, 11) is 0. The molecule has 2 N–H and O–H groups in total. The average molecular weight is 294 g/mol. The van der Waals surface area contributed by atoms with Gasteiger partial charge < -0.3 is 5.73 Å². The predicted molar refractivity (Wildman–Crippen MR) is 77.8 cm³/mol. The van der Waals surface area contributed by atoms with Crippen LogP contribution in [0.3, 0.4) is 0 Å². The van der Waals surface area contributed by atoms with Crippen molar-refractivity contribution >= 4 is 34.7 Å². The van der Waals surface area contributed by atoms with Crippen LogP contribution in [0.5, 0.6) is 0 Å². The first kappa shape index (κ1) is 14.6. The van der Waals surface area contributed by atoms with Crippen LogP contribution in [-0.2, 0) is 9.59 Å². The van der Waals surface area contributed by atoms with Crippen LogP contribution in [0.25, 0.3) is 0 Å². The molecule has 1 fully saturated rings. The Kier molecular flexibility index (Phi) is 3.60. The number of amides is 2. The second-order valence-corrected chi connectivity index (χ2v) is 6.08. The zero-order valence-electron chi connectivity index (χ0n) is 11.3. The molecule has 0 aliphatic carbocycles. The maximum Gasteiger partial charge on any atom is 0.234 e. The lowest BCUT2D eigenvalue weighted by Gasteiger charge is -2.35. The number of hydrogen-bond donors (Lipinski definition) is 1. The SMILES string of the molecule is CC1(C)CC(=O)N(c2cccc(F)c2C(N)=S)C(=O)C1. The molecule has 0 aromatic heterocycles. The lowest BCUT2D eigenvalue weighted by atomic mass is 9.81. The summed E-state index contributed by atoms with van der Waals surface area (Å²) in [6.45, 7) is 3.69. The molecule has 1 saturated heterocycles. The Morgan fingerprint density at radius 1 is 1.30 bits per heavy atom. The van der Waals surface area contributed by atoms with Crippen LogP contribution in [0.4, 0.5) is 10.1 Å². The fourth-order valence-corrected chi connectivity index (χ4v) is 2.59. The maximum absolute atomic E-state index is 13.8. The van der Waals surface area contributed by atoms with Gasteiger partial charge in [-0.3, -0.25) is 9.59 Å². The number of piperidine rings is 1. The van der Waals surface area contributed by atoms with Crippen molar-refractivity contribution in [1.82, 2.24) is 0 Å². The number of carbonyl (C=O) groups excluding carboxylic acids is 2. The van der Waals surface area contributed by atoms with Crippen LogP contribution in [-0.4, -0.2) is 16.8 Å². The Balaban J connectivity index is 2.52. The van der Waals surface area contributed by atoms with Crippen molar-refractivity contribution in [3.8, 4) is 0 Å². The monoisotopic (exact) mass is 294 g/mol. The summed E-state index contributed by atoms with van der Waals surface area (Å²) in [6, 6.07) is 4.10. The number of halogens is 1. The van der Waals surface area contributed by atoms with E-state index in [1.807, 2.05) is 13.8 Å². The zero-order valence-corrected chi connectivity index (χ0v) is 12.1. The Morgan fingerprint density at radius 2 is 1.85 bits per heavy atom. The van der Waals surface area contributed by atoms with E-state index in [0.717, 1.165) is 4.90 Å². The van der Waals surface area contributed by atoms with Crippen LogP contribution in [0, 0.1) is 11.2 Å². The summed E-state index contributed by atoms with van der Waals surface area (Å²) >= 11 is 4.82. The molecule has 0 atom stereocenters. The lowest BCUT2D eigenvalue weighted by molar-refractivity contribution is -0.132. The summed E-state index contributed by atoms with van der Waals surface area (Å²) in [5.41, 5.74) is 5.18. The molecule has 0 bridgehead atoms. The molecular formula is C14H15FN2O2S. The van der Waals surface area contributed by atoms with Gasteiger partial charge in [0.1, 0.15) is 10.8 Å². The van der Waals surface area contributed by atoms with Crippen molar-refractivity contribution in [3.63, 3.8) is 0 Å². The van der Waals surface area contributed by atoms with Gasteiger partial charge in [-0.15, -0.1) is 0 Å². The van der Waals surface area contributed by atoms with Gasteiger partial charge in [0.25, 0.3) is 0 Å². The van der Waals surface area contributed by atoms with Crippen molar-refractivity contribution in [2.45, 2.75) is 26.7 Å². The van der Waals surface area contributed by atoms with Gasteiger partial charge in [0.15, 0.2) is 0 Å². The minimum atomic E-state index is -0.638. The van der Waals surface area contributed by atoms with Crippen LogP contribution in [0.2, 0.25) is 0 Å². The highest BCUT2D eigenvalue weighted by molar-refractivity contribution is 7.80. The molecule has 1 aromatic carbocycles. The number of carbonyl (C=O) groups is 2. The summed E-state index contributed by atoms with van der Waals surface area (Å²) in [6.07, 6.45) is 0.429. The molecule has 0 spiro atoms. The summed E-state index contributed by atoms with van der Waals surface area (Å²) in [5, 5.41) is 0. The molecule has 1 aliphatic heterocycles. The number of hydrogen-bond acceptors (Lipinski definition) is 3. The number of rotatable bonds is 2. The Hall–Kier alpha value is -1.82. The third-order valence-electron chi connectivity index (χ3n) is 3.24. The van der Waals surface area contributed by atoms with E-state index in [1.54, 1.807) is 0 Å². The van der Waals surface area contributed by atoms with E-state index in [2.05, 4.69) is 0 Å². The molecule has 0 unspecified atom stereocenters. The van der Waals surface area contributed by atoms with Crippen LogP contribution in [0.15, 0.2) is 18.2 Å². The Morgan fingerprint density at radius 3 is 2.35 bits per heavy atom. The molecule has 1 heterocycles. The molecule has 0 saturated carbocycles. The van der Waals surface area contributed by atoms with Gasteiger partial charge in [-0.05, 0) is 17.5 Å². The van der Waals surface area contributed by atoms with Crippen LogP contribution >= 0.6 is 12.2 Å². The number of benzene rings is 1. The molecule has 2 rings (SSSR count). The van der Waals surface area contributed by atoms with Gasteiger partial charge in [-0.25, -0.2) is 9.29 Å². The minimum Gasteiger partial charge on any atom is -0.389 e. The number of thiocarbonyl (C=S) groups is 1. The van der Waals surface area contributed by atoms with Gasteiger partial charge in [0, 0.05) is 12.8 Å². The normalized spacial score (nSPS) is 18.2. The summed E-state index contributed by atoms with van der Waals surface area (Å²) in [5.74, 6) is -1.37. The van der Waals surface area contributed by atoms with E-state index in [0.29, 0.717) is 0 Å². The zero-order chi connectivity index (χ0) is 15.1. The molecular weight excluding hydrogens is 279 g/mol. The highest BCUT2D eigenvalue weighted by atomic mass is 32.1. The molecule has 4 nitrogen and oxygen atoms in total. The lowest BCUT2D eigenvalue weighted by Crippen LogP contribution is -2.47. The van der Waals surface area contributed by atoms with Crippen molar-refractivity contribution in [3.05, 3.63) is 29.6 Å². The minimum absolute atomic E-state index is 0.0658. The number of nitrogens with two attached hydrogens (primary N) is 1. The third kappa shape index (κ3) is 2.56. The largest absolute Gasteiger partial charge is 0.389 e. The first-order valence-electron chi connectivity index (χ1n) is 6.17. The van der Waals surface area contributed by atoms with Gasteiger partial charge in [0.2, 0.25) is 11.8 Å². The molecule has 0 radical (unpaired) electrons. The number of nitrogens with zero attached hydrogens (tertiary/aromatic N) is 1. The van der Waals surface area contributed by atoms with E-state index < -0.39 is 5.82 Å². The number of imide groups is 1. The summed E-state index contributed by atoms with van der Waals surface area (Å²) in [4.78, 5) is 25.2. The Bertz CT molecular complexity index is 593. The second kappa shape index (κ2) is 4.94. The van der Waals surface area contributed by atoms with E-state index >= 15 is 0 Å². The van der Waals surface area contributed by atoms with Gasteiger partial charge in [-0.2, -0.15) is 0 Å². The molecule has 106 valence electrons. The first-order chi connectivity index (χ1) is 9.23. The van der Waals surface area contributed by atoms with E-state index in [9.17, 15) is 14.0 Å². The second-order valence-electron chi connectivity index (χ2n) is 5.64. The molecule has 1 aromatic rings. The topological polar surface area (TPSA) is 63.4 Å². The quantitative estimate of drug-likeness (QED) is 0.670. The van der Waals surface area contributed by atoms with Gasteiger partial charge in [0.05, 0.1) is 11.3 Å². The summed E-state index contributed by atoms with van der Waals surface area (Å²) < 4.78 is 13.8. The molecule has 2 amide bonds. The van der Waals surface area contributed by atoms with Gasteiger partial charge in [-0.1, -0.05) is 32.1 Å². The molecule has 1 aliphatic rings. The smallest absolute Gasteiger partial charge is 0.234 e. The van der Waals surface area contributed by atoms with Crippen molar-refractivity contribution in [2.75, 3.05) is 4.90 Å². The number of anilines is 1. The van der Waals surface area contributed by atoms with Crippen LogP contribution in [0.1, 0.15) is 32.3 Å². The highest BCUT2D eigenvalue weighted by Crippen LogP contribution is 2.35. The van der Waals surface area contributed by atoms with Crippen molar-refractivity contribution < 1.29 is 14.0 Å². The van der Waals surface area contributed by atoms with E-state index in [4.69, 9.17) is 18.0 Å². The molecule has 6 heteroatoms. The highest BCUT2D eigenvalue weighted by Gasteiger charge is 2.39. The third-order valence-corrected chi connectivity index (χ3v) is 3.44. The van der Waals surface area contributed by atoms with E-state index in [-0.39, 0.29) is 46.3 Å². The molecule has 20 heavy (non-hydrogen) atoms. The Labute approximate surface area is 121 Å². The van der Waals surface area contributed by atoms with Gasteiger partial charge >= 0.3 is 0 Å². The first-order valence-corrected chi connectivity index (χ1v) is 6.58. The van der Waals surface area contributed by atoms with Crippen LogP contribution < -0.4 is 10.6 Å². The fraction of sp³-hybridized carbons (Fsp3) is 0.357.